The minimum atomic E-state index is -3.70. The van der Waals surface area contributed by atoms with Crippen LogP contribution in [0.4, 0.5) is 0 Å². The molecular formula is C16H24N2O5S2. The maximum Gasteiger partial charge on any atom is 0.240 e. The molecule has 1 N–H and O–H groups in total. The molecule has 1 fully saturated rings. The fraction of sp³-hybridized carbons (Fsp3) is 0.625. The van der Waals surface area contributed by atoms with Crippen LogP contribution in [-0.4, -0.2) is 59.7 Å². The van der Waals surface area contributed by atoms with Crippen LogP contribution in [-0.2, 0) is 37.6 Å². The van der Waals surface area contributed by atoms with Gasteiger partial charge in [0.05, 0.1) is 23.9 Å². The average Bonchev–Trinajstić information content (AvgIpc) is 2.61. The molecule has 1 aromatic carbocycles. The summed E-state index contributed by atoms with van der Waals surface area (Å²) in [6.07, 6.45) is 4.09. The first-order valence-electron chi connectivity index (χ1n) is 8.55. The molecule has 0 unspecified atom stereocenters. The summed E-state index contributed by atoms with van der Waals surface area (Å²) in [6, 6.07) is 5.18. The predicted octanol–water partition coefficient (Wildman–Crippen LogP) is 0.506. The van der Waals surface area contributed by atoms with Gasteiger partial charge in [-0.25, -0.2) is 21.6 Å². The fourth-order valence-corrected chi connectivity index (χ4v) is 5.75. The third-order valence-electron chi connectivity index (χ3n) is 4.65. The van der Waals surface area contributed by atoms with Crippen molar-refractivity contribution in [2.45, 2.75) is 30.6 Å². The van der Waals surface area contributed by atoms with Crippen molar-refractivity contribution in [2.75, 3.05) is 38.6 Å². The van der Waals surface area contributed by atoms with E-state index in [9.17, 15) is 16.8 Å². The highest BCUT2D eigenvalue weighted by molar-refractivity contribution is 7.90. The third kappa shape index (κ3) is 4.59. The maximum absolute atomic E-state index is 12.4. The Kier molecular flexibility index (Phi) is 5.79. The summed E-state index contributed by atoms with van der Waals surface area (Å²) in [4.78, 5) is 0.205. The third-order valence-corrected chi connectivity index (χ3v) is 7.98. The van der Waals surface area contributed by atoms with Crippen molar-refractivity contribution in [1.82, 2.24) is 9.03 Å². The van der Waals surface area contributed by atoms with Crippen molar-refractivity contribution < 1.29 is 21.6 Å². The number of hydrogen-bond donors (Lipinski definition) is 1. The lowest BCUT2D eigenvalue weighted by Crippen LogP contribution is -2.43. The van der Waals surface area contributed by atoms with Crippen LogP contribution < -0.4 is 4.72 Å². The molecule has 0 bridgehead atoms. The molecule has 0 spiro atoms. The monoisotopic (exact) mass is 388 g/mol. The Bertz CT molecular complexity index is 815. The lowest BCUT2D eigenvalue weighted by Gasteiger charge is -2.26. The number of aryl methyl sites for hydroxylation is 2. The highest BCUT2D eigenvalue weighted by Gasteiger charge is 2.25. The zero-order valence-corrected chi connectivity index (χ0v) is 15.7. The highest BCUT2D eigenvalue weighted by atomic mass is 32.2. The molecule has 1 aromatic rings. The number of nitrogens with one attached hydrogen (secondary N) is 1. The van der Waals surface area contributed by atoms with Gasteiger partial charge in [-0.3, -0.25) is 0 Å². The number of ether oxygens (including phenoxy) is 1. The Morgan fingerprint density at radius 1 is 1.00 bits per heavy atom. The van der Waals surface area contributed by atoms with Crippen LogP contribution in [0.3, 0.4) is 0 Å². The zero-order valence-electron chi connectivity index (χ0n) is 14.1. The number of rotatable bonds is 6. The van der Waals surface area contributed by atoms with Crippen molar-refractivity contribution in [3.63, 3.8) is 0 Å². The Morgan fingerprint density at radius 3 is 2.40 bits per heavy atom. The van der Waals surface area contributed by atoms with E-state index in [0.717, 1.165) is 31.2 Å². The first-order chi connectivity index (χ1) is 11.9. The van der Waals surface area contributed by atoms with Crippen LogP contribution in [0.1, 0.15) is 24.0 Å². The van der Waals surface area contributed by atoms with Gasteiger partial charge in [-0.2, -0.15) is 4.31 Å². The SMILES string of the molecule is O=S(=O)(NCCS(=O)(=O)N1CCOCC1)c1ccc2c(c1)CCCC2. The smallest absolute Gasteiger partial charge is 0.240 e. The van der Waals surface area contributed by atoms with Gasteiger partial charge in [-0.1, -0.05) is 6.07 Å². The molecule has 1 aliphatic carbocycles. The molecule has 7 nitrogen and oxygen atoms in total. The minimum Gasteiger partial charge on any atom is -0.379 e. The van der Waals surface area contributed by atoms with E-state index in [1.165, 1.54) is 9.87 Å². The summed E-state index contributed by atoms with van der Waals surface area (Å²) in [5.74, 6) is -0.253. The number of hydrogen-bond acceptors (Lipinski definition) is 5. The van der Waals surface area contributed by atoms with Gasteiger partial charge in [-0.15, -0.1) is 0 Å². The van der Waals surface area contributed by atoms with Crippen LogP contribution in [0.25, 0.3) is 0 Å². The Balaban J connectivity index is 1.62. The van der Waals surface area contributed by atoms with E-state index in [2.05, 4.69) is 4.72 Å². The molecule has 0 radical (unpaired) electrons. The molecule has 1 aliphatic heterocycles. The normalized spacial score (nSPS) is 19.5. The van der Waals surface area contributed by atoms with Gasteiger partial charge in [-0.05, 0) is 48.9 Å². The number of sulfonamides is 2. The number of fused-ring (bicyclic) bond motifs is 1. The lowest BCUT2D eigenvalue weighted by atomic mass is 9.92. The molecule has 1 heterocycles. The van der Waals surface area contributed by atoms with E-state index >= 15 is 0 Å². The van der Waals surface area contributed by atoms with Crippen molar-refractivity contribution in [2.24, 2.45) is 0 Å². The lowest BCUT2D eigenvalue weighted by molar-refractivity contribution is 0.0730. The zero-order chi connectivity index (χ0) is 17.9. The summed E-state index contributed by atoms with van der Waals surface area (Å²) in [6.45, 7) is 1.25. The predicted molar refractivity (Wildman–Crippen MR) is 94.5 cm³/mol. The quantitative estimate of drug-likeness (QED) is 0.766. The molecular weight excluding hydrogens is 364 g/mol. The van der Waals surface area contributed by atoms with Crippen LogP contribution in [0.5, 0.6) is 0 Å². The van der Waals surface area contributed by atoms with Gasteiger partial charge in [0, 0.05) is 19.6 Å². The van der Waals surface area contributed by atoms with Gasteiger partial charge in [0.2, 0.25) is 20.0 Å². The summed E-state index contributed by atoms with van der Waals surface area (Å²) in [5, 5.41) is 0. The molecule has 140 valence electrons. The van der Waals surface area contributed by atoms with Gasteiger partial charge in [0.25, 0.3) is 0 Å². The molecule has 9 heteroatoms. The van der Waals surface area contributed by atoms with E-state index in [-0.39, 0.29) is 17.2 Å². The Hall–Kier alpha value is -1.00. The summed E-state index contributed by atoms with van der Waals surface area (Å²) < 4.78 is 58.3. The molecule has 1 saturated heterocycles. The van der Waals surface area contributed by atoms with E-state index < -0.39 is 20.0 Å². The van der Waals surface area contributed by atoms with Crippen molar-refractivity contribution >= 4 is 20.0 Å². The van der Waals surface area contributed by atoms with Gasteiger partial charge in [0.15, 0.2) is 0 Å². The number of nitrogens with zero attached hydrogens (tertiary/aromatic N) is 1. The van der Waals surface area contributed by atoms with Crippen LogP contribution in [0.2, 0.25) is 0 Å². The Morgan fingerprint density at radius 2 is 1.68 bits per heavy atom. The maximum atomic E-state index is 12.4. The summed E-state index contributed by atoms with van der Waals surface area (Å²) in [5.41, 5.74) is 2.29. The first-order valence-corrected chi connectivity index (χ1v) is 11.6. The van der Waals surface area contributed by atoms with Crippen LogP contribution in [0.15, 0.2) is 23.1 Å². The first kappa shape index (κ1) is 18.8. The highest BCUT2D eigenvalue weighted by Crippen LogP contribution is 2.24. The second-order valence-electron chi connectivity index (χ2n) is 6.36. The molecule has 3 rings (SSSR count). The van der Waals surface area contributed by atoms with E-state index in [0.29, 0.717) is 26.3 Å². The Labute approximate surface area is 149 Å². The van der Waals surface area contributed by atoms with Gasteiger partial charge >= 0.3 is 0 Å². The molecule has 0 atom stereocenters. The minimum absolute atomic E-state index is 0.140. The number of benzene rings is 1. The second kappa shape index (κ2) is 7.71. The summed E-state index contributed by atoms with van der Waals surface area (Å²) >= 11 is 0. The largest absolute Gasteiger partial charge is 0.379 e. The van der Waals surface area contributed by atoms with Crippen molar-refractivity contribution in [1.29, 1.82) is 0 Å². The molecule has 0 saturated carbocycles. The van der Waals surface area contributed by atoms with E-state index in [4.69, 9.17) is 4.74 Å². The number of morpholine rings is 1. The van der Waals surface area contributed by atoms with Gasteiger partial charge in [0.1, 0.15) is 0 Å². The molecule has 2 aliphatic rings. The van der Waals surface area contributed by atoms with Crippen LogP contribution in [0, 0.1) is 0 Å². The van der Waals surface area contributed by atoms with Crippen molar-refractivity contribution in [3.8, 4) is 0 Å². The average molecular weight is 389 g/mol. The topological polar surface area (TPSA) is 92.8 Å². The van der Waals surface area contributed by atoms with E-state index in [1.807, 2.05) is 6.07 Å². The van der Waals surface area contributed by atoms with Crippen molar-refractivity contribution in [3.05, 3.63) is 29.3 Å². The van der Waals surface area contributed by atoms with Gasteiger partial charge < -0.3 is 4.74 Å². The molecule has 25 heavy (non-hydrogen) atoms. The standard InChI is InChI=1S/C16H24N2O5S2/c19-24(20,18-8-10-23-11-9-18)12-7-17-25(21,22)16-6-5-14-3-1-2-4-15(14)13-16/h5-6,13,17H,1-4,7-12H2. The second-order valence-corrected chi connectivity index (χ2v) is 10.2. The fourth-order valence-electron chi connectivity index (χ4n) is 3.22. The summed E-state index contributed by atoms with van der Waals surface area (Å²) in [7, 11) is -7.18. The van der Waals surface area contributed by atoms with Crippen LogP contribution >= 0.6 is 0 Å². The molecule has 0 aromatic heterocycles. The molecule has 0 amide bonds. The van der Waals surface area contributed by atoms with E-state index in [1.54, 1.807) is 12.1 Å².